The predicted molar refractivity (Wildman–Crippen MR) is 121 cm³/mol. The number of fused-ring (bicyclic) bond motifs is 1. The second-order valence-electron chi connectivity index (χ2n) is 7.40. The highest BCUT2D eigenvalue weighted by molar-refractivity contribution is 7.89. The van der Waals surface area contributed by atoms with Crippen LogP contribution in [0.1, 0.15) is 20.8 Å². The average molecular weight is 462 g/mol. The molecule has 2 amide bonds. The fourth-order valence-electron chi connectivity index (χ4n) is 3.75. The number of hydrogen-bond acceptors (Lipinski definition) is 6. The molecule has 0 bridgehead atoms. The van der Waals surface area contributed by atoms with E-state index in [1.807, 2.05) is 13.0 Å². The Morgan fingerprint density at radius 2 is 1.78 bits per heavy atom. The number of ether oxygens (including phenoxy) is 1. The smallest absolute Gasteiger partial charge is 0.414 e. The lowest BCUT2D eigenvalue weighted by Gasteiger charge is -2.40. The van der Waals surface area contributed by atoms with E-state index < -0.39 is 16.1 Å². The molecule has 0 aliphatic carbocycles. The van der Waals surface area contributed by atoms with E-state index in [1.165, 1.54) is 24.0 Å². The van der Waals surface area contributed by atoms with Gasteiger partial charge in [0.05, 0.1) is 35.5 Å². The van der Waals surface area contributed by atoms with Gasteiger partial charge in [0.15, 0.2) is 0 Å². The zero-order valence-electron chi connectivity index (χ0n) is 18.2. The van der Waals surface area contributed by atoms with Gasteiger partial charge in [-0.15, -0.1) is 0 Å². The monoisotopic (exact) mass is 461 g/mol. The van der Waals surface area contributed by atoms with Crippen LogP contribution in [-0.4, -0.2) is 57.9 Å². The van der Waals surface area contributed by atoms with Crippen LogP contribution < -0.4 is 14.5 Å². The number of rotatable bonds is 6. The zero-order valence-corrected chi connectivity index (χ0v) is 19.1. The van der Waals surface area contributed by atoms with Crippen LogP contribution in [0.25, 0.3) is 11.1 Å². The van der Waals surface area contributed by atoms with Crippen molar-refractivity contribution in [2.45, 2.75) is 31.7 Å². The quantitative estimate of drug-likeness (QED) is 0.682. The topological polar surface area (TPSA) is 116 Å². The molecule has 32 heavy (non-hydrogen) atoms. The van der Waals surface area contributed by atoms with Gasteiger partial charge in [0.1, 0.15) is 0 Å². The van der Waals surface area contributed by atoms with Gasteiger partial charge in [-0.2, -0.15) is 0 Å². The highest BCUT2D eigenvalue weighted by Crippen LogP contribution is 2.39. The van der Waals surface area contributed by atoms with Gasteiger partial charge in [-0.1, -0.05) is 18.2 Å². The molecule has 0 radical (unpaired) electrons. The number of aliphatic hydroxyl groups is 1. The lowest BCUT2D eigenvalue weighted by atomic mass is 10.0. The molecular formula is C22H27N3O6S. The Balaban J connectivity index is 2.01. The predicted octanol–water partition coefficient (Wildman–Crippen LogP) is 2.34. The number of benzene rings is 2. The maximum absolute atomic E-state index is 12.6. The Morgan fingerprint density at radius 3 is 2.38 bits per heavy atom. The Morgan fingerprint density at radius 1 is 1.12 bits per heavy atom. The highest BCUT2D eigenvalue weighted by Gasteiger charge is 2.34. The summed E-state index contributed by atoms with van der Waals surface area (Å²) in [5.74, 6) is -0.125. The van der Waals surface area contributed by atoms with E-state index in [-0.39, 0.29) is 36.6 Å². The summed E-state index contributed by atoms with van der Waals surface area (Å²) in [6.45, 7) is 5.25. The van der Waals surface area contributed by atoms with Crippen molar-refractivity contribution in [3.63, 3.8) is 0 Å². The summed E-state index contributed by atoms with van der Waals surface area (Å²) in [7, 11) is -3.71. The van der Waals surface area contributed by atoms with Crippen LogP contribution in [-0.2, 0) is 19.6 Å². The van der Waals surface area contributed by atoms with E-state index in [4.69, 9.17) is 9.84 Å². The summed E-state index contributed by atoms with van der Waals surface area (Å²) in [5.41, 5.74) is 2.66. The molecule has 2 aromatic rings. The Bertz CT molecular complexity index is 1100. The number of carbonyl (C=O) groups excluding carboxylic acids is 2. The number of amides is 2. The van der Waals surface area contributed by atoms with Crippen LogP contribution in [0, 0.1) is 0 Å². The molecule has 0 saturated heterocycles. The Hall–Kier alpha value is -2.95. The minimum atomic E-state index is -3.71. The molecule has 172 valence electrons. The van der Waals surface area contributed by atoms with Gasteiger partial charge in [-0.25, -0.2) is 17.9 Å². The van der Waals surface area contributed by atoms with Crippen molar-refractivity contribution in [3.8, 4) is 11.1 Å². The molecule has 0 saturated carbocycles. The summed E-state index contributed by atoms with van der Waals surface area (Å²) in [4.78, 5) is 28.1. The van der Waals surface area contributed by atoms with E-state index in [1.54, 1.807) is 36.1 Å². The molecule has 3 rings (SSSR count). The van der Waals surface area contributed by atoms with Gasteiger partial charge in [0.2, 0.25) is 15.9 Å². The minimum absolute atomic E-state index is 0.0658. The van der Waals surface area contributed by atoms with Crippen molar-refractivity contribution in [1.29, 1.82) is 0 Å². The maximum atomic E-state index is 12.6. The molecule has 1 atom stereocenters. The summed E-state index contributed by atoms with van der Waals surface area (Å²) < 4.78 is 32.0. The molecule has 0 aromatic heterocycles. The molecule has 1 aliphatic rings. The number of hydrogen-bond donors (Lipinski definition) is 2. The number of aliphatic hydroxyl groups excluding tert-OH is 1. The normalized spacial score (nSPS) is 15.9. The Labute approximate surface area is 187 Å². The first-order valence-electron chi connectivity index (χ1n) is 10.3. The lowest BCUT2D eigenvalue weighted by Crippen LogP contribution is -2.51. The number of sulfonamides is 1. The standard InChI is InChI=1S/C22H27N3O6S/c1-4-31-22(28)24-14-15(2)25(16(3)27)20-10-7-18(13-21(20)24)17-5-8-19(9-6-17)32(29,30)23-11-12-26/h5-10,13,15,23,26H,4,11-12,14H2,1-3H3. The second kappa shape index (κ2) is 9.68. The van der Waals surface area contributed by atoms with Crippen LogP contribution in [0.3, 0.4) is 0 Å². The molecule has 1 unspecified atom stereocenters. The fourth-order valence-corrected chi connectivity index (χ4v) is 4.77. The average Bonchev–Trinajstić information content (AvgIpc) is 2.76. The third-order valence-corrected chi connectivity index (χ3v) is 6.62. The van der Waals surface area contributed by atoms with Gasteiger partial charge in [-0.05, 0) is 49.2 Å². The van der Waals surface area contributed by atoms with Crippen molar-refractivity contribution in [2.24, 2.45) is 0 Å². The van der Waals surface area contributed by atoms with E-state index >= 15 is 0 Å². The van der Waals surface area contributed by atoms with E-state index in [9.17, 15) is 18.0 Å². The van der Waals surface area contributed by atoms with Gasteiger partial charge in [0, 0.05) is 20.0 Å². The van der Waals surface area contributed by atoms with E-state index in [0.29, 0.717) is 17.9 Å². The molecule has 0 spiro atoms. The number of anilines is 2. The molecule has 1 heterocycles. The Kier molecular flexibility index (Phi) is 7.17. The minimum Gasteiger partial charge on any atom is -0.449 e. The van der Waals surface area contributed by atoms with Crippen LogP contribution in [0.5, 0.6) is 0 Å². The van der Waals surface area contributed by atoms with Gasteiger partial charge >= 0.3 is 6.09 Å². The summed E-state index contributed by atoms with van der Waals surface area (Å²) >= 11 is 0. The summed E-state index contributed by atoms with van der Waals surface area (Å²) in [6.07, 6.45) is -0.489. The summed E-state index contributed by atoms with van der Waals surface area (Å²) in [5, 5.41) is 8.84. The first-order valence-corrected chi connectivity index (χ1v) is 11.8. The maximum Gasteiger partial charge on any atom is 0.414 e. The molecule has 1 aliphatic heterocycles. The number of nitrogens with one attached hydrogen (secondary N) is 1. The first-order chi connectivity index (χ1) is 15.2. The molecule has 9 nitrogen and oxygen atoms in total. The van der Waals surface area contributed by atoms with Crippen LogP contribution in [0.2, 0.25) is 0 Å². The second-order valence-corrected chi connectivity index (χ2v) is 9.16. The molecule has 0 fully saturated rings. The van der Waals surface area contributed by atoms with Crippen molar-refractivity contribution >= 4 is 33.4 Å². The highest BCUT2D eigenvalue weighted by atomic mass is 32.2. The lowest BCUT2D eigenvalue weighted by molar-refractivity contribution is -0.117. The third kappa shape index (κ3) is 4.77. The van der Waals surface area contributed by atoms with Crippen LogP contribution in [0.15, 0.2) is 47.4 Å². The third-order valence-electron chi connectivity index (χ3n) is 5.14. The molecule has 10 heteroatoms. The molecule has 2 N–H and O–H groups in total. The van der Waals surface area contributed by atoms with Crippen molar-refractivity contribution < 1.29 is 27.9 Å². The fraction of sp³-hybridized carbons (Fsp3) is 0.364. The SMILES string of the molecule is CCOC(=O)N1CC(C)N(C(C)=O)c2ccc(-c3ccc(S(=O)(=O)NCCO)cc3)cc21. The van der Waals surface area contributed by atoms with Gasteiger partial charge in [0.25, 0.3) is 0 Å². The van der Waals surface area contributed by atoms with Crippen molar-refractivity contribution in [2.75, 3.05) is 36.1 Å². The van der Waals surface area contributed by atoms with Gasteiger partial charge in [-0.3, -0.25) is 9.69 Å². The molecular weight excluding hydrogens is 434 g/mol. The summed E-state index contributed by atoms with van der Waals surface area (Å²) in [6, 6.07) is 11.5. The first kappa shape index (κ1) is 23.7. The van der Waals surface area contributed by atoms with Crippen molar-refractivity contribution in [1.82, 2.24) is 4.72 Å². The zero-order chi connectivity index (χ0) is 23.5. The number of nitrogens with zero attached hydrogens (tertiary/aromatic N) is 2. The van der Waals surface area contributed by atoms with Gasteiger partial charge < -0.3 is 14.7 Å². The largest absolute Gasteiger partial charge is 0.449 e. The van der Waals surface area contributed by atoms with Crippen molar-refractivity contribution in [3.05, 3.63) is 42.5 Å². The van der Waals surface area contributed by atoms with Crippen LogP contribution in [0.4, 0.5) is 16.2 Å². The van der Waals surface area contributed by atoms with Crippen LogP contribution >= 0.6 is 0 Å². The van der Waals surface area contributed by atoms with E-state index in [2.05, 4.69) is 4.72 Å². The number of carbonyl (C=O) groups is 2. The molecule has 2 aromatic carbocycles. The van der Waals surface area contributed by atoms with E-state index in [0.717, 1.165) is 11.1 Å².